The lowest BCUT2D eigenvalue weighted by molar-refractivity contribution is 0.153. The van der Waals surface area contributed by atoms with Gasteiger partial charge in [0.2, 0.25) is 0 Å². The molecule has 0 amide bonds. The first-order valence-corrected chi connectivity index (χ1v) is 11.7. The summed E-state index contributed by atoms with van der Waals surface area (Å²) in [5, 5.41) is 0. The van der Waals surface area contributed by atoms with Crippen molar-refractivity contribution in [3.63, 3.8) is 0 Å². The second-order valence-electron chi connectivity index (χ2n) is 10.1. The lowest BCUT2D eigenvalue weighted by Crippen LogP contribution is -2.26. The second kappa shape index (κ2) is 10.2. The normalized spacial score (nSPS) is 38.4. The summed E-state index contributed by atoms with van der Waals surface area (Å²) in [5.74, 6) is 4.88. The number of hydrogen-bond donors (Lipinski definition) is 0. The molecule has 0 aromatic rings. The highest BCUT2D eigenvalue weighted by molar-refractivity contribution is 5.08. The van der Waals surface area contributed by atoms with Crippen LogP contribution in [0.2, 0.25) is 0 Å². The van der Waals surface area contributed by atoms with E-state index in [1.54, 1.807) is 5.57 Å². The number of hydrogen-bond acceptors (Lipinski definition) is 0. The smallest absolute Gasteiger partial charge is 0.174 e. The van der Waals surface area contributed by atoms with Gasteiger partial charge in [-0.3, -0.25) is 0 Å². The minimum atomic E-state index is -1.50. The molecule has 0 bridgehead atoms. The van der Waals surface area contributed by atoms with Gasteiger partial charge >= 0.3 is 0 Å². The van der Waals surface area contributed by atoms with Gasteiger partial charge < -0.3 is 0 Å². The van der Waals surface area contributed by atoms with Crippen molar-refractivity contribution in [2.45, 2.75) is 97.3 Å². The van der Waals surface area contributed by atoms with Crippen LogP contribution in [-0.2, 0) is 0 Å². The van der Waals surface area contributed by atoms with Crippen molar-refractivity contribution < 1.29 is 8.78 Å². The van der Waals surface area contributed by atoms with Crippen LogP contribution >= 0.6 is 0 Å². The van der Waals surface area contributed by atoms with Crippen LogP contribution in [0.4, 0.5) is 8.78 Å². The Kier molecular flexibility index (Phi) is 7.97. The van der Waals surface area contributed by atoms with E-state index < -0.39 is 6.08 Å². The molecule has 0 spiro atoms. The van der Waals surface area contributed by atoms with Crippen LogP contribution in [-0.4, -0.2) is 0 Å². The largest absolute Gasteiger partial charge is 0.266 e. The maximum Gasteiger partial charge on any atom is 0.266 e. The fourth-order valence-corrected chi connectivity index (χ4v) is 6.16. The molecule has 3 aliphatic carbocycles. The van der Waals surface area contributed by atoms with Gasteiger partial charge in [0.25, 0.3) is 6.08 Å². The SMILES string of the molecule is CC(=CC1CCC(C)CC1)C1CCC(C2CCC(CC=C(F)F)CC2)CC1. The Labute approximate surface area is 165 Å². The summed E-state index contributed by atoms with van der Waals surface area (Å²) < 4.78 is 24.6. The van der Waals surface area contributed by atoms with E-state index >= 15 is 0 Å². The first-order valence-electron chi connectivity index (χ1n) is 11.7. The zero-order chi connectivity index (χ0) is 19.2. The van der Waals surface area contributed by atoms with Gasteiger partial charge in [-0.2, -0.15) is 8.78 Å². The molecule has 0 unspecified atom stereocenters. The van der Waals surface area contributed by atoms with Crippen LogP contribution in [0.1, 0.15) is 97.3 Å². The topological polar surface area (TPSA) is 0 Å². The Morgan fingerprint density at radius 3 is 1.89 bits per heavy atom. The van der Waals surface area contributed by atoms with Crippen molar-refractivity contribution >= 4 is 0 Å². The summed E-state index contributed by atoms with van der Waals surface area (Å²) in [4.78, 5) is 0. The lowest BCUT2D eigenvalue weighted by atomic mass is 9.68. The third-order valence-electron chi connectivity index (χ3n) is 8.14. The van der Waals surface area contributed by atoms with Gasteiger partial charge in [-0.1, -0.05) is 31.4 Å². The molecule has 0 aliphatic heterocycles. The van der Waals surface area contributed by atoms with Gasteiger partial charge in [-0.25, -0.2) is 0 Å². The molecule has 0 radical (unpaired) electrons. The third kappa shape index (κ3) is 6.43. The van der Waals surface area contributed by atoms with E-state index in [0.717, 1.165) is 48.5 Å². The summed E-state index contributed by atoms with van der Waals surface area (Å²) >= 11 is 0. The summed E-state index contributed by atoms with van der Waals surface area (Å²) in [6, 6.07) is 0. The van der Waals surface area contributed by atoms with Gasteiger partial charge in [0.05, 0.1) is 0 Å². The Hall–Kier alpha value is -0.660. The van der Waals surface area contributed by atoms with E-state index in [0.29, 0.717) is 12.3 Å². The molecular formula is C25H40F2. The minimum absolute atomic E-state index is 0.502. The summed E-state index contributed by atoms with van der Waals surface area (Å²) in [6.45, 7) is 4.79. The number of allylic oxidation sites excluding steroid dienone is 3. The van der Waals surface area contributed by atoms with Crippen LogP contribution in [0, 0.1) is 35.5 Å². The van der Waals surface area contributed by atoms with Gasteiger partial charge in [-0.05, 0) is 119 Å². The van der Waals surface area contributed by atoms with Crippen LogP contribution in [0.5, 0.6) is 0 Å². The molecule has 3 aliphatic rings. The molecule has 2 heteroatoms. The molecule has 3 rings (SSSR count). The molecule has 0 saturated heterocycles. The fourth-order valence-electron chi connectivity index (χ4n) is 6.16. The third-order valence-corrected chi connectivity index (χ3v) is 8.14. The lowest BCUT2D eigenvalue weighted by Gasteiger charge is -2.38. The zero-order valence-electron chi connectivity index (χ0n) is 17.6. The molecular weight excluding hydrogens is 338 g/mol. The van der Waals surface area contributed by atoms with E-state index in [2.05, 4.69) is 19.9 Å². The van der Waals surface area contributed by atoms with Gasteiger partial charge in [-0.15, -0.1) is 0 Å². The molecule has 0 atom stereocenters. The highest BCUT2D eigenvalue weighted by Crippen LogP contribution is 2.44. The molecule has 3 fully saturated rings. The molecule has 0 heterocycles. The van der Waals surface area contributed by atoms with Crippen molar-refractivity contribution in [2.75, 3.05) is 0 Å². The molecule has 27 heavy (non-hydrogen) atoms. The van der Waals surface area contributed by atoms with Gasteiger partial charge in [0, 0.05) is 0 Å². The summed E-state index contributed by atoms with van der Waals surface area (Å²) in [6.07, 6.45) is 18.9. The van der Waals surface area contributed by atoms with Crippen molar-refractivity contribution in [3.05, 3.63) is 23.8 Å². The predicted molar refractivity (Wildman–Crippen MR) is 111 cm³/mol. The van der Waals surface area contributed by atoms with E-state index in [-0.39, 0.29) is 0 Å². The number of rotatable bonds is 5. The summed E-state index contributed by atoms with van der Waals surface area (Å²) in [7, 11) is 0. The van der Waals surface area contributed by atoms with E-state index in [4.69, 9.17) is 0 Å². The highest BCUT2D eigenvalue weighted by atomic mass is 19.3. The second-order valence-corrected chi connectivity index (χ2v) is 10.1. The fraction of sp³-hybridized carbons (Fsp3) is 0.840. The van der Waals surface area contributed by atoms with E-state index in [1.807, 2.05) is 0 Å². The first-order chi connectivity index (χ1) is 13.0. The Bertz CT molecular complexity index is 492. The first kappa shape index (κ1) is 21.1. The monoisotopic (exact) mass is 378 g/mol. The predicted octanol–water partition coefficient (Wildman–Crippen LogP) is 8.54. The van der Waals surface area contributed by atoms with Gasteiger partial charge in [0.15, 0.2) is 0 Å². The molecule has 0 aromatic heterocycles. The van der Waals surface area contributed by atoms with E-state index in [1.165, 1.54) is 64.2 Å². The highest BCUT2D eigenvalue weighted by Gasteiger charge is 2.31. The maximum atomic E-state index is 12.3. The Morgan fingerprint density at radius 2 is 1.33 bits per heavy atom. The van der Waals surface area contributed by atoms with Crippen molar-refractivity contribution in [3.8, 4) is 0 Å². The van der Waals surface area contributed by atoms with Crippen LogP contribution in [0.15, 0.2) is 23.8 Å². The summed E-state index contributed by atoms with van der Waals surface area (Å²) in [5.41, 5.74) is 1.68. The van der Waals surface area contributed by atoms with Crippen LogP contribution in [0.3, 0.4) is 0 Å². The van der Waals surface area contributed by atoms with Crippen molar-refractivity contribution in [1.29, 1.82) is 0 Å². The molecule has 0 aromatic carbocycles. The molecule has 0 N–H and O–H groups in total. The van der Waals surface area contributed by atoms with Crippen molar-refractivity contribution in [1.82, 2.24) is 0 Å². The maximum absolute atomic E-state index is 12.3. The molecule has 154 valence electrons. The van der Waals surface area contributed by atoms with Gasteiger partial charge in [0.1, 0.15) is 0 Å². The van der Waals surface area contributed by atoms with Crippen molar-refractivity contribution in [2.24, 2.45) is 35.5 Å². The number of halogens is 2. The standard InChI is InChI=1S/C25H40F2/c1-18-3-5-21(6-4-18)17-19(2)22-12-14-24(15-13-22)23-10-7-20(8-11-23)9-16-25(26)27/h16-18,20-24H,3-15H2,1-2H3. The van der Waals surface area contributed by atoms with Crippen LogP contribution < -0.4 is 0 Å². The average molecular weight is 379 g/mol. The minimum Gasteiger partial charge on any atom is -0.174 e. The zero-order valence-corrected chi connectivity index (χ0v) is 17.6. The Balaban J connectivity index is 1.39. The Morgan fingerprint density at radius 1 is 0.778 bits per heavy atom. The van der Waals surface area contributed by atoms with Crippen LogP contribution in [0.25, 0.3) is 0 Å². The van der Waals surface area contributed by atoms with E-state index in [9.17, 15) is 8.78 Å². The average Bonchev–Trinajstić information content (AvgIpc) is 2.68. The molecule has 0 nitrogen and oxygen atoms in total. The quantitative estimate of drug-likeness (QED) is 0.420. The molecule has 3 saturated carbocycles.